The molecule has 7 nitrogen and oxygen atoms in total. The molecule has 0 fully saturated rings. The Morgan fingerprint density at radius 1 is 1.48 bits per heavy atom. The molecule has 9 heteroatoms. The quantitative estimate of drug-likeness (QED) is 0.359. The Hall–Kier alpha value is -1.55. The molecule has 2 unspecified atom stereocenters. The van der Waals surface area contributed by atoms with Crippen molar-refractivity contribution < 1.29 is 4.74 Å². The average Bonchev–Trinajstić information content (AvgIpc) is 3.08. The number of aromatic nitrogens is 3. The number of hydrogen-bond donors (Lipinski definition) is 2. The van der Waals surface area contributed by atoms with Gasteiger partial charge in [0.15, 0.2) is 5.96 Å². The molecule has 1 aliphatic heterocycles. The molecule has 1 aliphatic rings. The van der Waals surface area contributed by atoms with E-state index in [-0.39, 0.29) is 36.1 Å². The van der Waals surface area contributed by atoms with Gasteiger partial charge in [0.05, 0.1) is 13.1 Å². The van der Waals surface area contributed by atoms with Gasteiger partial charge in [-0.15, -0.1) is 24.0 Å². The van der Waals surface area contributed by atoms with Gasteiger partial charge in [-0.25, -0.2) is 14.7 Å². The van der Waals surface area contributed by atoms with E-state index >= 15 is 0 Å². The molecule has 2 heterocycles. The lowest BCUT2D eigenvalue weighted by molar-refractivity contribution is 0.230. The number of fused-ring (bicyclic) bond motifs is 1. The van der Waals surface area contributed by atoms with Gasteiger partial charge in [0.1, 0.15) is 24.0 Å². The third-order valence-corrected chi connectivity index (χ3v) is 4.37. The molecule has 0 radical (unpaired) electrons. The maximum atomic E-state index is 5.99. The lowest BCUT2D eigenvalue weighted by Gasteiger charge is -2.25. The van der Waals surface area contributed by atoms with Crippen molar-refractivity contribution in [1.29, 1.82) is 0 Å². The van der Waals surface area contributed by atoms with Crippen LogP contribution in [0.3, 0.4) is 0 Å². The van der Waals surface area contributed by atoms with Crippen molar-refractivity contribution in [1.82, 2.24) is 25.4 Å². The average molecular weight is 505 g/mol. The molecule has 2 atom stereocenters. The van der Waals surface area contributed by atoms with Crippen LogP contribution >= 0.6 is 35.6 Å². The molecule has 148 valence electrons. The second-order valence-electron chi connectivity index (χ2n) is 6.34. The third-order valence-electron chi connectivity index (χ3n) is 4.13. The molecular formula is C18H26ClIN6O. The Morgan fingerprint density at radius 2 is 2.33 bits per heavy atom. The molecular weight excluding hydrogens is 479 g/mol. The van der Waals surface area contributed by atoms with E-state index in [1.165, 1.54) is 0 Å². The largest absolute Gasteiger partial charge is 0.489 e. The normalized spacial score (nSPS) is 17.4. The lowest BCUT2D eigenvalue weighted by atomic mass is 10.1. The van der Waals surface area contributed by atoms with Gasteiger partial charge in [-0.3, -0.25) is 0 Å². The number of aliphatic imine (C=N–C) groups is 1. The monoisotopic (exact) mass is 504 g/mol. The zero-order chi connectivity index (χ0) is 18.4. The van der Waals surface area contributed by atoms with Crippen molar-refractivity contribution in [3.63, 3.8) is 0 Å². The second-order valence-corrected chi connectivity index (χ2v) is 6.78. The number of aryl methyl sites for hydroxylation is 1. The van der Waals surface area contributed by atoms with Gasteiger partial charge in [-0.2, -0.15) is 5.10 Å². The molecule has 2 aromatic rings. The fourth-order valence-electron chi connectivity index (χ4n) is 2.90. The summed E-state index contributed by atoms with van der Waals surface area (Å²) in [6, 6.07) is 7.69. The van der Waals surface area contributed by atoms with Crippen LogP contribution in [0.15, 0.2) is 35.6 Å². The summed E-state index contributed by atoms with van der Waals surface area (Å²) in [7, 11) is 0. The molecule has 3 rings (SSSR count). The summed E-state index contributed by atoms with van der Waals surface area (Å²) >= 11 is 5.99. The Morgan fingerprint density at radius 3 is 3.11 bits per heavy atom. The molecule has 0 bridgehead atoms. The van der Waals surface area contributed by atoms with Crippen LogP contribution in [0.2, 0.25) is 5.02 Å². The van der Waals surface area contributed by atoms with Crippen molar-refractivity contribution >= 4 is 41.5 Å². The number of rotatable bonds is 6. The summed E-state index contributed by atoms with van der Waals surface area (Å²) < 4.78 is 7.83. The summed E-state index contributed by atoms with van der Waals surface area (Å²) in [6.45, 7) is 6.20. The number of hydrogen-bond acceptors (Lipinski definition) is 4. The minimum Gasteiger partial charge on any atom is -0.489 e. The van der Waals surface area contributed by atoms with Crippen molar-refractivity contribution in [2.45, 2.75) is 45.4 Å². The summed E-state index contributed by atoms with van der Waals surface area (Å²) in [5, 5.41) is 11.7. The summed E-state index contributed by atoms with van der Waals surface area (Å²) in [6.07, 6.45) is 3.49. The van der Waals surface area contributed by atoms with Gasteiger partial charge in [0.25, 0.3) is 0 Å². The second kappa shape index (κ2) is 10.7. The molecule has 0 aliphatic carbocycles. The standard InChI is InChI=1S/C18H25ClN6O.HI/c1-3-20-18(24-15-7-8-17-22-12-23-25(17)11-15)21-10-13(2)26-16-6-4-5-14(19)9-16;/h4-6,9,12-13,15H,3,7-8,10-11H2,1-2H3,(H2,20,21,24);1H. The van der Waals surface area contributed by atoms with Gasteiger partial charge < -0.3 is 15.4 Å². The van der Waals surface area contributed by atoms with Crippen LogP contribution in [-0.2, 0) is 13.0 Å². The van der Waals surface area contributed by atoms with Crippen LogP contribution in [0.1, 0.15) is 26.1 Å². The molecule has 0 spiro atoms. The summed E-state index contributed by atoms with van der Waals surface area (Å²) in [5.74, 6) is 2.60. The van der Waals surface area contributed by atoms with E-state index in [1.54, 1.807) is 6.33 Å². The van der Waals surface area contributed by atoms with E-state index in [0.717, 1.165) is 43.5 Å². The minimum absolute atomic E-state index is 0. The number of halogens is 2. The van der Waals surface area contributed by atoms with E-state index in [1.807, 2.05) is 35.9 Å². The van der Waals surface area contributed by atoms with Gasteiger partial charge >= 0.3 is 0 Å². The number of nitrogens with zero attached hydrogens (tertiary/aromatic N) is 4. The number of benzene rings is 1. The zero-order valence-corrected chi connectivity index (χ0v) is 18.6. The van der Waals surface area contributed by atoms with Crippen molar-refractivity contribution in [3.05, 3.63) is 41.4 Å². The van der Waals surface area contributed by atoms with Gasteiger partial charge in [-0.05, 0) is 38.5 Å². The Balaban J connectivity index is 0.00000261. The van der Waals surface area contributed by atoms with Crippen LogP contribution < -0.4 is 15.4 Å². The first-order chi connectivity index (χ1) is 12.6. The van der Waals surface area contributed by atoms with E-state index in [4.69, 9.17) is 16.3 Å². The topological polar surface area (TPSA) is 76.4 Å². The van der Waals surface area contributed by atoms with Crippen LogP contribution in [0.5, 0.6) is 5.75 Å². The molecule has 2 N–H and O–H groups in total. The Bertz CT molecular complexity index is 753. The minimum atomic E-state index is -0.0582. The fraction of sp³-hybridized carbons (Fsp3) is 0.500. The third kappa shape index (κ3) is 6.53. The number of guanidine groups is 1. The first-order valence-corrected chi connectivity index (χ1v) is 9.35. The molecule has 0 saturated carbocycles. The summed E-state index contributed by atoms with van der Waals surface area (Å²) in [5.41, 5.74) is 0. The van der Waals surface area contributed by atoms with Crippen molar-refractivity contribution in [2.24, 2.45) is 4.99 Å². The number of nitrogens with one attached hydrogen (secondary N) is 2. The van der Waals surface area contributed by atoms with Gasteiger partial charge in [-0.1, -0.05) is 17.7 Å². The molecule has 1 aromatic carbocycles. The SMILES string of the molecule is CCNC(=NCC(C)Oc1cccc(Cl)c1)NC1CCc2ncnn2C1.I. The van der Waals surface area contributed by atoms with Gasteiger partial charge in [0.2, 0.25) is 0 Å². The summed E-state index contributed by atoms with van der Waals surface area (Å²) in [4.78, 5) is 8.93. The highest BCUT2D eigenvalue weighted by atomic mass is 127. The number of ether oxygens (including phenoxy) is 1. The van der Waals surface area contributed by atoms with Crippen LogP contribution in [0, 0.1) is 0 Å². The van der Waals surface area contributed by atoms with Crippen LogP contribution in [0.25, 0.3) is 0 Å². The van der Waals surface area contributed by atoms with E-state index in [9.17, 15) is 0 Å². The van der Waals surface area contributed by atoms with E-state index in [0.29, 0.717) is 11.6 Å². The van der Waals surface area contributed by atoms with Crippen molar-refractivity contribution in [2.75, 3.05) is 13.1 Å². The molecule has 1 aromatic heterocycles. The highest BCUT2D eigenvalue weighted by Gasteiger charge is 2.20. The fourth-order valence-corrected chi connectivity index (χ4v) is 3.08. The Labute approximate surface area is 182 Å². The maximum absolute atomic E-state index is 5.99. The first-order valence-electron chi connectivity index (χ1n) is 8.97. The predicted octanol–water partition coefficient (Wildman–Crippen LogP) is 2.89. The van der Waals surface area contributed by atoms with E-state index in [2.05, 4.69) is 32.6 Å². The van der Waals surface area contributed by atoms with Crippen LogP contribution in [0.4, 0.5) is 0 Å². The van der Waals surface area contributed by atoms with Crippen molar-refractivity contribution in [3.8, 4) is 5.75 Å². The molecule has 27 heavy (non-hydrogen) atoms. The van der Waals surface area contributed by atoms with Gasteiger partial charge in [0, 0.05) is 24.0 Å². The molecule has 0 saturated heterocycles. The predicted molar refractivity (Wildman–Crippen MR) is 118 cm³/mol. The van der Waals surface area contributed by atoms with E-state index < -0.39 is 0 Å². The lowest BCUT2D eigenvalue weighted by Crippen LogP contribution is -2.47. The first kappa shape index (κ1) is 21.7. The molecule has 0 amide bonds. The zero-order valence-electron chi connectivity index (χ0n) is 15.6. The Kier molecular flexibility index (Phi) is 8.62. The maximum Gasteiger partial charge on any atom is 0.191 e. The highest BCUT2D eigenvalue weighted by Crippen LogP contribution is 2.18. The smallest absolute Gasteiger partial charge is 0.191 e. The van der Waals surface area contributed by atoms with Crippen LogP contribution in [-0.4, -0.2) is 46.0 Å². The highest BCUT2D eigenvalue weighted by molar-refractivity contribution is 14.0.